The van der Waals surface area contributed by atoms with Gasteiger partial charge in [0.15, 0.2) is 0 Å². The number of rotatable bonds is 8. The van der Waals surface area contributed by atoms with Crippen LogP contribution in [0.5, 0.6) is 5.75 Å². The summed E-state index contributed by atoms with van der Waals surface area (Å²) in [4.78, 5) is 14.0. The molecule has 1 amide bonds. The number of amides is 1. The van der Waals surface area contributed by atoms with Gasteiger partial charge in [0, 0.05) is 25.6 Å². The SMILES string of the molecule is CCS(=O)(=O)NC1CCN(C(=O)CCCOc2ccccc2Cl)CC1. The Morgan fingerprint density at radius 3 is 2.64 bits per heavy atom. The summed E-state index contributed by atoms with van der Waals surface area (Å²) in [5.74, 6) is 0.789. The maximum atomic E-state index is 12.2. The van der Waals surface area contributed by atoms with E-state index in [2.05, 4.69) is 4.72 Å². The predicted octanol–water partition coefficient (Wildman–Crippen LogP) is 2.43. The third-order valence-electron chi connectivity index (χ3n) is 4.20. The van der Waals surface area contributed by atoms with E-state index < -0.39 is 10.0 Å². The quantitative estimate of drug-likeness (QED) is 0.694. The number of piperidine rings is 1. The molecule has 25 heavy (non-hydrogen) atoms. The first kappa shape index (κ1) is 20.0. The number of nitrogens with one attached hydrogen (secondary N) is 1. The van der Waals surface area contributed by atoms with Crippen molar-refractivity contribution in [3.8, 4) is 5.75 Å². The Morgan fingerprint density at radius 2 is 2.00 bits per heavy atom. The number of nitrogens with zero attached hydrogens (tertiary/aromatic N) is 1. The molecule has 1 fully saturated rings. The summed E-state index contributed by atoms with van der Waals surface area (Å²) < 4.78 is 31.4. The van der Waals surface area contributed by atoms with E-state index in [1.165, 1.54) is 0 Å². The molecule has 0 saturated carbocycles. The Hall–Kier alpha value is -1.31. The normalized spacial score (nSPS) is 16.0. The van der Waals surface area contributed by atoms with Crippen LogP contribution in [0, 0.1) is 0 Å². The molecule has 1 aromatic carbocycles. The molecule has 1 aliphatic heterocycles. The van der Waals surface area contributed by atoms with Gasteiger partial charge >= 0.3 is 0 Å². The molecule has 2 rings (SSSR count). The number of halogens is 1. The number of hydrogen-bond donors (Lipinski definition) is 1. The van der Waals surface area contributed by atoms with Gasteiger partial charge in [-0.1, -0.05) is 23.7 Å². The standard InChI is InChI=1S/C17H25ClN2O4S/c1-2-25(22,23)19-14-9-11-20(12-10-14)17(21)8-5-13-24-16-7-4-3-6-15(16)18/h3-4,6-7,14,19H,2,5,8-13H2,1H3. The van der Waals surface area contributed by atoms with Crippen LogP contribution >= 0.6 is 11.6 Å². The number of hydrogen-bond acceptors (Lipinski definition) is 4. The zero-order valence-corrected chi connectivity index (χ0v) is 16.0. The Labute approximate surface area is 154 Å². The zero-order chi connectivity index (χ0) is 18.3. The van der Waals surface area contributed by atoms with Crippen molar-refractivity contribution < 1.29 is 17.9 Å². The van der Waals surface area contributed by atoms with Crippen LogP contribution in [-0.4, -0.2) is 50.7 Å². The monoisotopic (exact) mass is 388 g/mol. The van der Waals surface area contributed by atoms with Crippen molar-refractivity contribution >= 4 is 27.5 Å². The molecule has 8 heteroatoms. The van der Waals surface area contributed by atoms with Gasteiger partial charge in [0.05, 0.1) is 17.4 Å². The van der Waals surface area contributed by atoms with Gasteiger partial charge in [-0.2, -0.15) is 0 Å². The van der Waals surface area contributed by atoms with Crippen molar-refractivity contribution in [2.75, 3.05) is 25.4 Å². The van der Waals surface area contributed by atoms with Gasteiger partial charge < -0.3 is 9.64 Å². The Morgan fingerprint density at radius 1 is 1.32 bits per heavy atom. The summed E-state index contributed by atoms with van der Waals surface area (Å²) in [6.07, 6.45) is 2.34. The average molecular weight is 389 g/mol. The number of sulfonamides is 1. The van der Waals surface area contributed by atoms with Crippen molar-refractivity contribution in [2.45, 2.75) is 38.6 Å². The van der Waals surface area contributed by atoms with Gasteiger partial charge in [-0.05, 0) is 38.3 Å². The predicted molar refractivity (Wildman–Crippen MR) is 98.4 cm³/mol. The van der Waals surface area contributed by atoms with Crippen LogP contribution < -0.4 is 9.46 Å². The van der Waals surface area contributed by atoms with Gasteiger partial charge in [0.1, 0.15) is 5.75 Å². The molecule has 0 aromatic heterocycles. The molecule has 0 bridgehead atoms. The van der Waals surface area contributed by atoms with Crippen molar-refractivity contribution in [2.24, 2.45) is 0 Å². The first-order valence-electron chi connectivity index (χ1n) is 8.56. The Bertz CT molecular complexity index is 673. The lowest BCUT2D eigenvalue weighted by atomic mass is 10.1. The zero-order valence-electron chi connectivity index (χ0n) is 14.4. The van der Waals surface area contributed by atoms with Crippen LogP contribution in [0.25, 0.3) is 0 Å². The van der Waals surface area contributed by atoms with Crippen molar-refractivity contribution in [3.05, 3.63) is 29.3 Å². The molecule has 0 unspecified atom stereocenters. The molecule has 1 heterocycles. The minimum atomic E-state index is -3.19. The summed E-state index contributed by atoms with van der Waals surface area (Å²) in [5.41, 5.74) is 0. The molecule has 1 aliphatic rings. The minimum Gasteiger partial charge on any atom is -0.492 e. The average Bonchev–Trinajstić information content (AvgIpc) is 2.60. The number of ether oxygens (including phenoxy) is 1. The Balaban J connectivity index is 1.66. The number of carbonyl (C=O) groups is 1. The summed E-state index contributed by atoms with van der Waals surface area (Å²) in [7, 11) is -3.19. The van der Waals surface area contributed by atoms with Crippen molar-refractivity contribution in [1.29, 1.82) is 0 Å². The van der Waals surface area contributed by atoms with E-state index in [9.17, 15) is 13.2 Å². The van der Waals surface area contributed by atoms with Crippen LogP contribution in [0.3, 0.4) is 0 Å². The minimum absolute atomic E-state index is 0.0717. The second-order valence-electron chi connectivity index (χ2n) is 6.06. The fourth-order valence-electron chi connectivity index (χ4n) is 2.71. The van der Waals surface area contributed by atoms with Crippen molar-refractivity contribution in [3.63, 3.8) is 0 Å². The molecule has 0 atom stereocenters. The molecule has 140 valence electrons. The molecule has 0 spiro atoms. The van der Waals surface area contributed by atoms with Gasteiger partial charge in [-0.3, -0.25) is 4.79 Å². The third kappa shape index (κ3) is 6.49. The van der Waals surface area contributed by atoms with Gasteiger partial charge in [0.25, 0.3) is 0 Å². The fraction of sp³-hybridized carbons (Fsp3) is 0.588. The second-order valence-corrected chi connectivity index (χ2v) is 8.51. The molecular weight excluding hydrogens is 364 g/mol. The fourth-order valence-corrected chi connectivity index (χ4v) is 3.81. The number of likely N-dealkylation sites (tertiary alicyclic amines) is 1. The van der Waals surface area contributed by atoms with E-state index in [0.29, 0.717) is 56.2 Å². The van der Waals surface area contributed by atoms with E-state index in [1.54, 1.807) is 24.0 Å². The van der Waals surface area contributed by atoms with Crippen LogP contribution in [0.15, 0.2) is 24.3 Å². The highest BCUT2D eigenvalue weighted by Gasteiger charge is 2.24. The van der Waals surface area contributed by atoms with E-state index in [-0.39, 0.29) is 17.7 Å². The molecule has 1 aromatic rings. The van der Waals surface area contributed by atoms with E-state index >= 15 is 0 Å². The van der Waals surface area contributed by atoms with Crippen LogP contribution in [0.1, 0.15) is 32.6 Å². The topological polar surface area (TPSA) is 75.7 Å². The number of benzene rings is 1. The van der Waals surface area contributed by atoms with Gasteiger partial charge in [-0.15, -0.1) is 0 Å². The van der Waals surface area contributed by atoms with Crippen LogP contribution in [0.2, 0.25) is 5.02 Å². The third-order valence-corrected chi connectivity index (χ3v) is 5.97. The highest BCUT2D eigenvalue weighted by atomic mass is 35.5. The molecule has 1 saturated heterocycles. The first-order chi connectivity index (χ1) is 11.9. The second kappa shape index (κ2) is 9.40. The van der Waals surface area contributed by atoms with Crippen LogP contribution in [0.4, 0.5) is 0 Å². The van der Waals surface area contributed by atoms with Gasteiger partial charge in [0.2, 0.25) is 15.9 Å². The molecule has 1 N–H and O–H groups in total. The summed E-state index contributed by atoms with van der Waals surface area (Å²) in [6.45, 7) is 3.22. The summed E-state index contributed by atoms with van der Waals surface area (Å²) in [5, 5.41) is 0.561. The first-order valence-corrected chi connectivity index (χ1v) is 10.6. The lowest BCUT2D eigenvalue weighted by molar-refractivity contribution is -0.132. The number of carbonyl (C=O) groups excluding carboxylic acids is 1. The largest absolute Gasteiger partial charge is 0.492 e. The maximum absolute atomic E-state index is 12.2. The smallest absolute Gasteiger partial charge is 0.222 e. The molecular formula is C17H25ClN2O4S. The summed E-state index contributed by atoms with van der Waals surface area (Å²) >= 11 is 6.01. The maximum Gasteiger partial charge on any atom is 0.222 e. The van der Waals surface area contributed by atoms with E-state index in [4.69, 9.17) is 16.3 Å². The van der Waals surface area contributed by atoms with E-state index in [1.807, 2.05) is 12.1 Å². The number of para-hydroxylation sites is 1. The Kier molecular flexibility index (Phi) is 7.53. The summed E-state index contributed by atoms with van der Waals surface area (Å²) in [6, 6.07) is 7.18. The lowest BCUT2D eigenvalue weighted by Gasteiger charge is -2.32. The highest BCUT2D eigenvalue weighted by molar-refractivity contribution is 7.89. The molecule has 0 aliphatic carbocycles. The van der Waals surface area contributed by atoms with E-state index in [0.717, 1.165) is 0 Å². The van der Waals surface area contributed by atoms with Crippen LogP contribution in [-0.2, 0) is 14.8 Å². The highest BCUT2D eigenvalue weighted by Crippen LogP contribution is 2.23. The molecule has 6 nitrogen and oxygen atoms in total. The van der Waals surface area contributed by atoms with Crippen molar-refractivity contribution in [1.82, 2.24) is 9.62 Å². The lowest BCUT2D eigenvalue weighted by Crippen LogP contribution is -2.46. The molecule has 0 radical (unpaired) electrons. The van der Waals surface area contributed by atoms with Gasteiger partial charge in [-0.25, -0.2) is 13.1 Å².